The van der Waals surface area contributed by atoms with Gasteiger partial charge >= 0.3 is 0 Å². The van der Waals surface area contributed by atoms with Crippen molar-refractivity contribution in [3.8, 4) is 17.2 Å². The first kappa shape index (κ1) is 19.3. The molecule has 29 heavy (non-hydrogen) atoms. The standard InChI is InChI=1S/C21H20FN3O3S/c1-12-19-20(13-4-9-16(27-2)17(10-13)28-3)29-11-18(26)23-21(19)25(24-12)15-7-5-14(22)6-8-15/h4-10,20H,11H2,1-3H3,(H,23,26)/t20-/m0/s1. The summed E-state index contributed by atoms with van der Waals surface area (Å²) in [6.45, 7) is 1.91. The number of carbonyl (C=O) groups is 1. The maximum atomic E-state index is 13.4. The lowest BCUT2D eigenvalue weighted by Crippen LogP contribution is -2.15. The van der Waals surface area contributed by atoms with Crippen LogP contribution in [0.3, 0.4) is 0 Å². The Bertz CT molecular complexity index is 1070. The van der Waals surface area contributed by atoms with Crippen molar-refractivity contribution in [2.75, 3.05) is 25.3 Å². The lowest BCUT2D eigenvalue weighted by atomic mass is 10.0. The number of hydrogen-bond donors (Lipinski definition) is 1. The van der Waals surface area contributed by atoms with Gasteiger partial charge in [-0.25, -0.2) is 9.07 Å². The van der Waals surface area contributed by atoms with E-state index in [0.29, 0.717) is 28.8 Å². The van der Waals surface area contributed by atoms with Crippen LogP contribution in [0.2, 0.25) is 0 Å². The number of fused-ring (bicyclic) bond motifs is 1. The Hall–Kier alpha value is -3.00. The minimum absolute atomic E-state index is 0.109. The molecule has 1 aliphatic rings. The third kappa shape index (κ3) is 3.55. The third-order valence-corrected chi connectivity index (χ3v) is 6.06. The summed E-state index contributed by atoms with van der Waals surface area (Å²) in [5.74, 6) is 1.73. The van der Waals surface area contributed by atoms with E-state index in [4.69, 9.17) is 9.47 Å². The summed E-state index contributed by atoms with van der Waals surface area (Å²) in [5.41, 5.74) is 3.36. The molecule has 4 rings (SSSR count). The van der Waals surface area contributed by atoms with Gasteiger partial charge in [0.25, 0.3) is 0 Å². The summed E-state index contributed by atoms with van der Waals surface area (Å²) in [4.78, 5) is 12.4. The second-order valence-electron chi connectivity index (χ2n) is 6.59. The van der Waals surface area contributed by atoms with E-state index < -0.39 is 0 Å². The Balaban J connectivity index is 1.86. The van der Waals surface area contributed by atoms with Crippen LogP contribution >= 0.6 is 11.8 Å². The molecule has 2 aromatic carbocycles. The fourth-order valence-corrected chi connectivity index (χ4v) is 4.61. The summed E-state index contributed by atoms with van der Waals surface area (Å²) in [6, 6.07) is 11.8. The van der Waals surface area contributed by atoms with Crippen LogP contribution < -0.4 is 14.8 Å². The molecular formula is C21H20FN3O3S. The van der Waals surface area contributed by atoms with E-state index in [1.54, 1.807) is 31.0 Å². The third-order valence-electron chi connectivity index (χ3n) is 4.79. The number of halogens is 1. The van der Waals surface area contributed by atoms with Crippen LogP contribution in [-0.4, -0.2) is 35.7 Å². The summed E-state index contributed by atoms with van der Waals surface area (Å²) in [5, 5.41) is 7.47. The van der Waals surface area contributed by atoms with E-state index in [1.807, 2.05) is 25.1 Å². The van der Waals surface area contributed by atoms with Crippen molar-refractivity contribution in [3.05, 3.63) is 65.1 Å². The highest BCUT2D eigenvalue weighted by Gasteiger charge is 2.31. The number of ether oxygens (including phenoxy) is 2. The zero-order valence-electron chi connectivity index (χ0n) is 16.2. The maximum absolute atomic E-state index is 13.4. The highest BCUT2D eigenvalue weighted by molar-refractivity contribution is 8.00. The van der Waals surface area contributed by atoms with Gasteiger partial charge in [0.2, 0.25) is 5.91 Å². The molecule has 1 aliphatic heterocycles. The number of rotatable bonds is 4. The van der Waals surface area contributed by atoms with Crippen LogP contribution in [0, 0.1) is 12.7 Å². The van der Waals surface area contributed by atoms with Crippen molar-refractivity contribution >= 4 is 23.5 Å². The minimum Gasteiger partial charge on any atom is -0.493 e. The number of methoxy groups -OCH3 is 2. The Labute approximate surface area is 172 Å². The molecule has 2 heterocycles. The number of aryl methyl sites for hydroxylation is 1. The Morgan fingerprint density at radius 1 is 1.14 bits per heavy atom. The minimum atomic E-state index is -0.327. The Morgan fingerprint density at radius 3 is 2.55 bits per heavy atom. The van der Waals surface area contributed by atoms with Crippen molar-refractivity contribution in [2.45, 2.75) is 12.2 Å². The first-order valence-corrected chi connectivity index (χ1v) is 10.1. The number of carbonyl (C=O) groups excluding carboxylic acids is 1. The number of thioether (sulfide) groups is 1. The molecule has 0 saturated carbocycles. The summed E-state index contributed by atoms with van der Waals surface area (Å²) < 4.78 is 25.8. The molecule has 6 nitrogen and oxygen atoms in total. The fourth-order valence-electron chi connectivity index (χ4n) is 3.43. The summed E-state index contributed by atoms with van der Waals surface area (Å²) in [6.07, 6.45) is 0. The van der Waals surface area contributed by atoms with Gasteiger partial charge in [0.1, 0.15) is 11.6 Å². The lowest BCUT2D eigenvalue weighted by molar-refractivity contribution is -0.113. The van der Waals surface area contributed by atoms with Crippen molar-refractivity contribution in [1.82, 2.24) is 9.78 Å². The van der Waals surface area contributed by atoms with Gasteiger partial charge in [0, 0.05) is 5.56 Å². The van der Waals surface area contributed by atoms with Crippen molar-refractivity contribution < 1.29 is 18.7 Å². The van der Waals surface area contributed by atoms with Gasteiger partial charge in [-0.2, -0.15) is 5.10 Å². The monoisotopic (exact) mass is 413 g/mol. The number of amides is 1. The average molecular weight is 413 g/mol. The molecule has 1 N–H and O–H groups in total. The summed E-state index contributed by atoms with van der Waals surface area (Å²) >= 11 is 1.52. The molecule has 0 unspecified atom stereocenters. The van der Waals surface area contributed by atoms with Crippen LogP contribution in [0.25, 0.3) is 5.69 Å². The zero-order valence-corrected chi connectivity index (χ0v) is 17.0. The molecule has 0 bridgehead atoms. The highest BCUT2D eigenvalue weighted by Crippen LogP contribution is 2.45. The lowest BCUT2D eigenvalue weighted by Gasteiger charge is -2.17. The summed E-state index contributed by atoms with van der Waals surface area (Å²) in [7, 11) is 3.19. The van der Waals surface area contributed by atoms with Crippen molar-refractivity contribution in [3.63, 3.8) is 0 Å². The van der Waals surface area contributed by atoms with Crippen molar-refractivity contribution in [2.24, 2.45) is 0 Å². The molecule has 0 spiro atoms. The van der Waals surface area contributed by atoms with E-state index >= 15 is 0 Å². The van der Waals surface area contributed by atoms with Crippen LogP contribution in [0.4, 0.5) is 10.2 Å². The quantitative estimate of drug-likeness (QED) is 0.697. The first-order chi connectivity index (χ1) is 14.0. The van der Waals surface area contributed by atoms with Gasteiger partial charge in [-0.05, 0) is 48.9 Å². The maximum Gasteiger partial charge on any atom is 0.235 e. The number of aromatic nitrogens is 2. The normalized spacial score (nSPS) is 16.0. The molecule has 1 amide bonds. The van der Waals surface area contributed by atoms with E-state index in [1.165, 1.54) is 23.9 Å². The molecule has 0 radical (unpaired) electrons. The fraction of sp³-hybridized carbons (Fsp3) is 0.238. The number of nitrogens with one attached hydrogen (secondary N) is 1. The van der Waals surface area contributed by atoms with Crippen LogP contribution in [0.1, 0.15) is 22.1 Å². The van der Waals surface area contributed by atoms with E-state index in [-0.39, 0.29) is 17.0 Å². The van der Waals surface area contributed by atoms with Crippen LogP contribution in [-0.2, 0) is 4.79 Å². The van der Waals surface area contributed by atoms with Gasteiger partial charge in [-0.15, -0.1) is 11.8 Å². The van der Waals surface area contributed by atoms with Crippen LogP contribution in [0.5, 0.6) is 11.5 Å². The number of benzene rings is 2. The van der Waals surface area contributed by atoms with Gasteiger partial charge in [-0.1, -0.05) is 6.07 Å². The highest BCUT2D eigenvalue weighted by atomic mass is 32.2. The molecule has 8 heteroatoms. The van der Waals surface area contributed by atoms with Gasteiger partial charge in [0.15, 0.2) is 11.5 Å². The number of nitrogens with zero attached hydrogens (tertiary/aromatic N) is 2. The Morgan fingerprint density at radius 2 is 1.86 bits per heavy atom. The van der Waals surface area contributed by atoms with Gasteiger partial charge < -0.3 is 14.8 Å². The van der Waals surface area contributed by atoms with Crippen molar-refractivity contribution in [1.29, 1.82) is 0 Å². The predicted octanol–water partition coefficient (Wildman–Crippen LogP) is 4.11. The zero-order chi connectivity index (χ0) is 20.5. The number of hydrogen-bond acceptors (Lipinski definition) is 5. The van der Waals surface area contributed by atoms with Crippen LogP contribution in [0.15, 0.2) is 42.5 Å². The predicted molar refractivity (Wildman–Crippen MR) is 111 cm³/mol. The number of anilines is 1. The van der Waals surface area contributed by atoms with E-state index in [0.717, 1.165) is 16.8 Å². The molecule has 3 aromatic rings. The van der Waals surface area contributed by atoms with E-state index in [2.05, 4.69) is 10.4 Å². The average Bonchev–Trinajstić information content (AvgIpc) is 2.93. The topological polar surface area (TPSA) is 65.4 Å². The molecule has 0 fully saturated rings. The smallest absolute Gasteiger partial charge is 0.235 e. The molecule has 1 aromatic heterocycles. The van der Waals surface area contributed by atoms with Gasteiger partial charge in [0.05, 0.1) is 36.6 Å². The molecule has 0 aliphatic carbocycles. The first-order valence-electron chi connectivity index (χ1n) is 9.00. The molecule has 1 atom stereocenters. The SMILES string of the molecule is COc1ccc([C@@H]2SCC(=O)Nc3c2c(C)nn3-c2ccc(F)cc2)cc1OC. The van der Waals surface area contributed by atoms with Gasteiger partial charge in [-0.3, -0.25) is 4.79 Å². The molecular weight excluding hydrogens is 393 g/mol. The second-order valence-corrected chi connectivity index (χ2v) is 7.68. The second kappa shape index (κ2) is 7.79. The largest absolute Gasteiger partial charge is 0.493 e. The molecule has 0 saturated heterocycles. The molecule has 150 valence electrons. The van der Waals surface area contributed by atoms with E-state index in [9.17, 15) is 9.18 Å². The Kier molecular flexibility index (Phi) is 5.19.